The van der Waals surface area contributed by atoms with E-state index in [4.69, 9.17) is 22.1 Å². The molecule has 0 radical (unpaired) electrons. The Morgan fingerprint density at radius 3 is 2.68 bits per heavy atom. The Morgan fingerprint density at radius 1 is 1.40 bits per heavy atom. The van der Waals surface area contributed by atoms with E-state index >= 15 is 0 Å². The van der Waals surface area contributed by atoms with Crippen LogP contribution >= 0.6 is 0 Å². The molecule has 132 valence electrons. The van der Waals surface area contributed by atoms with Crippen molar-refractivity contribution in [1.29, 1.82) is 0 Å². The highest BCUT2D eigenvalue weighted by atomic mass is 16.6. The lowest BCUT2D eigenvalue weighted by Gasteiger charge is -2.29. The van der Waals surface area contributed by atoms with Gasteiger partial charge in [-0.15, -0.1) is 12.8 Å². The molecule has 1 aromatic heterocycles. The molecule has 0 bridgehead atoms. The third-order valence-electron chi connectivity index (χ3n) is 3.34. The predicted octanol–water partition coefficient (Wildman–Crippen LogP) is 2.17. The normalized spacial score (nSPS) is 14.3. The highest BCUT2D eigenvalue weighted by Gasteiger charge is 2.27. The summed E-state index contributed by atoms with van der Waals surface area (Å²) in [6.45, 7) is 7.00. The monoisotopic (exact) mass is 342 g/mol. The lowest BCUT2D eigenvalue weighted by molar-refractivity contribution is 0.0272. The Bertz CT molecular complexity index is 715. The summed E-state index contributed by atoms with van der Waals surface area (Å²) in [6, 6.07) is 0. The predicted molar refractivity (Wildman–Crippen MR) is 94.6 cm³/mol. The highest BCUT2D eigenvalue weighted by Crippen LogP contribution is 2.23. The van der Waals surface area contributed by atoms with E-state index in [2.05, 4.69) is 22.0 Å². The summed E-state index contributed by atoms with van der Waals surface area (Å²) in [7, 11) is 0. The molecule has 0 aromatic carbocycles. The van der Waals surface area contributed by atoms with Gasteiger partial charge in [0, 0.05) is 12.1 Å². The molecular weight excluding hydrogens is 320 g/mol. The van der Waals surface area contributed by atoms with E-state index in [9.17, 15) is 4.79 Å². The summed E-state index contributed by atoms with van der Waals surface area (Å²) in [5, 5.41) is 3.93. The van der Waals surface area contributed by atoms with Crippen molar-refractivity contribution >= 4 is 17.6 Å². The number of anilines is 1. The summed E-state index contributed by atoms with van der Waals surface area (Å²) < 4.78 is 10.7. The van der Waals surface area contributed by atoms with Gasteiger partial charge in [-0.3, -0.25) is 0 Å². The molecule has 0 fully saturated rings. The second kappa shape index (κ2) is 7.76. The van der Waals surface area contributed by atoms with Gasteiger partial charge in [-0.2, -0.15) is 4.98 Å². The fraction of sp³-hybridized carbons (Fsp3) is 0.500. The Kier molecular flexibility index (Phi) is 5.71. The van der Waals surface area contributed by atoms with Crippen molar-refractivity contribution in [2.45, 2.75) is 32.8 Å². The molecule has 1 aliphatic rings. The molecule has 0 unspecified atom stereocenters. The van der Waals surface area contributed by atoms with E-state index in [1.54, 1.807) is 9.80 Å². The molecule has 0 atom stereocenters. The van der Waals surface area contributed by atoms with Crippen LogP contribution in [-0.2, 0) is 4.74 Å². The molecule has 7 nitrogen and oxygen atoms in total. The SMILES string of the molecule is C#CCN(CC#C)c1noc(C2=CCCN(C(=O)OC(C)(C)C)C2)n1. The summed E-state index contributed by atoms with van der Waals surface area (Å²) in [6.07, 6.45) is 13.0. The Balaban J connectivity index is 2.10. The molecule has 0 N–H and O–H groups in total. The van der Waals surface area contributed by atoms with Gasteiger partial charge in [0.25, 0.3) is 11.8 Å². The largest absolute Gasteiger partial charge is 0.444 e. The van der Waals surface area contributed by atoms with Crippen LogP contribution in [-0.4, -0.2) is 52.9 Å². The second-order valence-corrected chi connectivity index (χ2v) is 6.58. The van der Waals surface area contributed by atoms with Crippen molar-refractivity contribution in [1.82, 2.24) is 15.0 Å². The summed E-state index contributed by atoms with van der Waals surface area (Å²) >= 11 is 0. The molecule has 1 aromatic rings. The maximum atomic E-state index is 12.2. The lowest BCUT2D eigenvalue weighted by atomic mass is 10.1. The van der Waals surface area contributed by atoms with Crippen molar-refractivity contribution in [3.63, 3.8) is 0 Å². The minimum atomic E-state index is -0.541. The van der Waals surface area contributed by atoms with Gasteiger partial charge < -0.3 is 19.1 Å². The van der Waals surface area contributed by atoms with E-state index in [-0.39, 0.29) is 19.2 Å². The van der Waals surface area contributed by atoms with Crippen LogP contribution in [0.5, 0.6) is 0 Å². The van der Waals surface area contributed by atoms with Crippen LogP contribution < -0.4 is 4.90 Å². The van der Waals surface area contributed by atoms with Crippen molar-refractivity contribution < 1.29 is 14.1 Å². The van der Waals surface area contributed by atoms with Crippen molar-refractivity contribution in [3.8, 4) is 24.7 Å². The molecule has 2 heterocycles. The summed E-state index contributed by atoms with van der Waals surface area (Å²) in [5.74, 6) is 5.70. The molecule has 25 heavy (non-hydrogen) atoms. The van der Waals surface area contributed by atoms with Gasteiger partial charge in [0.1, 0.15) is 5.60 Å². The van der Waals surface area contributed by atoms with E-state index in [0.29, 0.717) is 31.3 Å². The molecule has 0 spiro atoms. The van der Waals surface area contributed by atoms with Gasteiger partial charge >= 0.3 is 6.09 Å². The van der Waals surface area contributed by atoms with Gasteiger partial charge in [-0.25, -0.2) is 4.79 Å². The Morgan fingerprint density at radius 2 is 2.08 bits per heavy atom. The van der Waals surface area contributed by atoms with Crippen LogP contribution in [0.25, 0.3) is 5.57 Å². The first-order chi connectivity index (χ1) is 11.8. The van der Waals surface area contributed by atoms with E-state index in [0.717, 1.165) is 5.57 Å². The van der Waals surface area contributed by atoms with Crippen molar-refractivity contribution in [3.05, 3.63) is 12.0 Å². The molecule has 0 saturated heterocycles. The number of ether oxygens (including phenoxy) is 1. The molecule has 2 rings (SSSR count). The average molecular weight is 342 g/mol. The van der Waals surface area contributed by atoms with Gasteiger partial charge in [0.05, 0.1) is 19.6 Å². The highest BCUT2D eigenvalue weighted by molar-refractivity contribution is 5.73. The van der Waals surface area contributed by atoms with Crippen LogP contribution in [0.4, 0.5) is 10.7 Å². The summed E-state index contributed by atoms with van der Waals surface area (Å²) in [5.41, 5.74) is 0.235. The fourth-order valence-corrected chi connectivity index (χ4v) is 2.27. The average Bonchev–Trinajstić information content (AvgIpc) is 3.03. The smallest absolute Gasteiger partial charge is 0.410 e. The van der Waals surface area contributed by atoms with Crippen LogP contribution in [0.2, 0.25) is 0 Å². The quantitative estimate of drug-likeness (QED) is 0.781. The summed E-state index contributed by atoms with van der Waals surface area (Å²) in [4.78, 5) is 19.9. The number of carbonyl (C=O) groups is 1. The first kappa shape index (κ1) is 18.4. The number of carbonyl (C=O) groups excluding carboxylic acids is 1. The second-order valence-electron chi connectivity index (χ2n) is 6.58. The zero-order valence-corrected chi connectivity index (χ0v) is 14.8. The van der Waals surface area contributed by atoms with Crippen LogP contribution in [0.1, 0.15) is 33.1 Å². The van der Waals surface area contributed by atoms with Gasteiger partial charge in [0.2, 0.25) is 0 Å². The molecule has 1 aliphatic heterocycles. The third-order valence-corrected chi connectivity index (χ3v) is 3.34. The minimum absolute atomic E-state index is 0.284. The molecule has 0 saturated carbocycles. The molecule has 7 heteroatoms. The third kappa shape index (κ3) is 5.02. The Labute approximate surface area is 148 Å². The van der Waals surface area contributed by atoms with E-state index in [1.807, 2.05) is 26.8 Å². The number of amides is 1. The van der Waals surface area contributed by atoms with Crippen molar-refractivity contribution in [2.75, 3.05) is 31.1 Å². The Hall–Kier alpha value is -2.93. The lowest BCUT2D eigenvalue weighted by Crippen LogP contribution is -2.39. The molecular formula is C18H22N4O3. The van der Waals surface area contributed by atoms with Crippen LogP contribution in [0.3, 0.4) is 0 Å². The van der Waals surface area contributed by atoms with Gasteiger partial charge in [-0.1, -0.05) is 17.9 Å². The number of aromatic nitrogens is 2. The number of terminal acetylenes is 2. The van der Waals surface area contributed by atoms with Crippen molar-refractivity contribution in [2.24, 2.45) is 0 Å². The topological polar surface area (TPSA) is 71.7 Å². The standard InChI is InChI=1S/C18H22N4O3/c1-6-10-21(11-7-2)16-19-15(25-20-16)14-9-8-12-22(13-14)17(23)24-18(3,4)5/h1-2,9H,8,10-13H2,3-5H3. The molecule has 0 aliphatic carbocycles. The zero-order chi connectivity index (χ0) is 18.4. The zero-order valence-electron chi connectivity index (χ0n) is 14.8. The first-order valence-corrected chi connectivity index (χ1v) is 7.97. The fourth-order valence-electron chi connectivity index (χ4n) is 2.27. The first-order valence-electron chi connectivity index (χ1n) is 7.97. The van der Waals surface area contributed by atoms with E-state index in [1.165, 1.54) is 0 Å². The number of rotatable bonds is 4. The van der Waals surface area contributed by atoms with Gasteiger partial charge in [0.15, 0.2) is 0 Å². The van der Waals surface area contributed by atoms with Crippen LogP contribution in [0.15, 0.2) is 10.6 Å². The minimum Gasteiger partial charge on any atom is -0.444 e. The van der Waals surface area contributed by atoms with Gasteiger partial charge in [-0.05, 0) is 32.3 Å². The maximum absolute atomic E-state index is 12.2. The number of nitrogens with zero attached hydrogens (tertiary/aromatic N) is 4. The maximum Gasteiger partial charge on any atom is 0.410 e. The molecule has 1 amide bonds. The number of hydrogen-bond donors (Lipinski definition) is 0. The van der Waals surface area contributed by atoms with E-state index < -0.39 is 5.60 Å². The number of hydrogen-bond acceptors (Lipinski definition) is 6. The van der Waals surface area contributed by atoms with Crippen LogP contribution in [0, 0.1) is 24.7 Å².